The highest BCUT2D eigenvalue weighted by atomic mass is 16.5. The first-order valence-corrected chi connectivity index (χ1v) is 14.5. The molecule has 3 rings (SSSR count). The molecule has 190 valence electrons. The molecule has 0 bridgehead atoms. The van der Waals surface area contributed by atoms with E-state index in [-0.39, 0.29) is 18.0 Å². The molecule has 1 unspecified atom stereocenters. The largest absolute Gasteiger partial charge is 0.462 e. The van der Waals surface area contributed by atoms with Gasteiger partial charge in [0.05, 0.1) is 5.92 Å². The van der Waals surface area contributed by atoms with Crippen molar-refractivity contribution >= 4 is 5.97 Å². The smallest absolute Gasteiger partial charge is 0.308 e. The van der Waals surface area contributed by atoms with Crippen LogP contribution in [0.2, 0.25) is 0 Å². The number of carbonyl (C=O) groups is 1. The van der Waals surface area contributed by atoms with E-state index in [2.05, 4.69) is 40.7 Å². The van der Waals surface area contributed by atoms with Crippen molar-refractivity contribution < 1.29 is 9.53 Å². The number of carbonyl (C=O) groups excluding carboxylic acids is 1. The van der Waals surface area contributed by atoms with E-state index in [0.717, 1.165) is 48.3 Å². The summed E-state index contributed by atoms with van der Waals surface area (Å²) < 4.78 is 5.86. The van der Waals surface area contributed by atoms with Crippen LogP contribution in [0.3, 0.4) is 0 Å². The average Bonchev–Trinajstić information content (AvgIpc) is 2.75. The molecule has 0 radical (unpaired) electrons. The molecule has 0 saturated heterocycles. The van der Waals surface area contributed by atoms with E-state index < -0.39 is 0 Å². The van der Waals surface area contributed by atoms with Crippen LogP contribution in [-0.2, 0) is 9.53 Å². The van der Waals surface area contributed by atoms with Gasteiger partial charge in [0.15, 0.2) is 0 Å². The zero-order valence-corrected chi connectivity index (χ0v) is 23.0. The maximum absolute atomic E-state index is 12.2. The number of rotatable bonds is 10. The van der Waals surface area contributed by atoms with Gasteiger partial charge in [-0.1, -0.05) is 98.6 Å². The molecule has 0 heterocycles. The summed E-state index contributed by atoms with van der Waals surface area (Å²) in [4.78, 5) is 12.2. The lowest BCUT2D eigenvalue weighted by Crippen LogP contribution is -2.48. The van der Waals surface area contributed by atoms with Gasteiger partial charge < -0.3 is 4.74 Å². The van der Waals surface area contributed by atoms with Crippen LogP contribution in [0.15, 0.2) is 11.6 Å². The lowest BCUT2D eigenvalue weighted by molar-refractivity contribution is -0.155. The molecule has 2 saturated carbocycles. The number of fused-ring (bicyclic) bond motifs is 3. The average molecular weight is 459 g/mol. The van der Waals surface area contributed by atoms with Crippen LogP contribution in [0.1, 0.15) is 126 Å². The molecule has 0 amide bonds. The van der Waals surface area contributed by atoms with Gasteiger partial charge in [-0.3, -0.25) is 4.79 Å². The quantitative estimate of drug-likeness (QED) is 0.241. The Hall–Kier alpha value is -0.790. The van der Waals surface area contributed by atoms with Crippen LogP contribution >= 0.6 is 0 Å². The van der Waals surface area contributed by atoms with Gasteiger partial charge in [-0.15, -0.1) is 0 Å². The zero-order valence-electron chi connectivity index (χ0n) is 23.0. The van der Waals surface area contributed by atoms with Crippen LogP contribution in [0.5, 0.6) is 0 Å². The molecule has 3 aliphatic carbocycles. The molecule has 2 fully saturated rings. The number of esters is 1. The minimum atomic E-state index is -0.0264. The van der Waals surface area contributed by atoms with Crippen molar-refractivity contribution in [1.29, 1.82) is 0 Å². The highest BCUT2D eigenvalue weighted by molar-refractivity contribution is 5.71. The molecule has 2 nitrogen and oxygen atoms in total. The van der Waals surface area contributed by atoms with E-state index in [1.165, 1.54) is 64.2 Å². The van der Waals surface area contributed by atoms with Gasteiger partial charge in [-0.05, 0) is 73.0 Å². The minimum Gasteiger partial charge on any atom is -0.462 e. The Bertz CT molecular complexity index is 662. The Balaban J connectivity index is 1.57. The molecule has 3 aliphatic rings. The van der Waals surface area contributed by atoms with Crippen molar-refractivity contribution in [3.05, 3.63) is 11.6 Å². The molecule has 33 heavy (non-hydrogen) atoms. The second-order valence-electron chi connectivity index (χ2n) is 13.2. The summed E-state index contributed by atoms with van der Waals surface area (Å²) in [6.45, 7) is 16.2. The van der Waals surface area contributed by atoms with E-state index in [1.807, 2.05) is 13.8 Å². The van der Waals surface area contributed by atoms with Gasteiger partial charge in [-0.2, -0.15) is 0 Å². The van der Waals surface area contributed by atoms with Gasteiger partial charge in [0.2, 0.25) is 0 Å². The van der Waals surface area contributed by atoms with Crippen LogP contribution in [0.25, 0.3) is 0 Å². The van der Waals surface area contributed by atoms with Gasteiger partial charge >= 0.3 is 5.97 Å². The van der Waals surface area contributed by atoms with Crippen LogP contribution < -0.4 is 0 Å². The first-order chi connectivity index (χ1) is 15.6. The Labute approximate surface area is 205 Å². The summed E-state index contributed by atoms with van der Waals surface area (Å²) in [6, 6.07) is 0. The van der Waals surface area contributed by atoms with Crippen LogP contribution in [0.4, 0.5) is 0 Å². The first-order valence-electron chi connectivity index (χ1n) is 14.5. The molecule has 0 spiro atoms. The Morgan fingerprint density at radius 3 is 2.48 bits per heavy atom. The third kappa shape index (κ3) is 6.66. The molecule has 0 aromatic heterocycles. The normalized spacial score (nSPS) is 35.1. The molecule has 0 aromatic carbocycles. The Morgan fingerprint density at radius 2 is 1.79 bits per heavy atom. The topological polar surface area (TPSA) is 26.3 Å². The van der Waals surface area contributed by atoms with E-state index in [4.69, 9.17) is 4.74 Å². The van der Waals surface area contributed by atoms with E-state index in [0.29, 0.717) is 5.41 Å². The van der Waals surface area contributed by atoms with Crippen molar-refractivity contribution in [2.24, 2.45) is 46.8 Å². The molecular weight excluding hydrogens is 404 g/mol. The number of hydrogen-bond donors (Lipinski definition) is 0. The highest BCUT2D eigenvalue weighted by Gasteiger charge is 2.51. The SMILES string of the molecule is CC(C)CCC[C@@H](C)CCCC1[C@H](C)CC[C@H]2[C@H]1CC=C1C[C@@H](OC(=O)C(C)C)CC[C@@]12C. The van der Waals surface area contributed by atoms with Crippen molar-refractivity contribution in [2.75, 3.05) is 0 Å². The summed E-state index contributed by atoms with van der Waals surface area (Å²) in [6.07, 6.45) is 18.5. The Kier molecular flexibility index (Phi) is 9.56. The standard InChI is InChI=1S/C31H54O2/c1-21(2)10-8-11-23(5)12-9-13-27-24(6)14-17-29-28(27)16-15-25-20-26(18-19-31(25,29)7)33-30(32)22(3)4/h15,21-24,26-29H,8-14,16-20H2,1-7H3/t23-,24-,26+,27?,28+,29+,31+/m1/s1. The number of hydrogen-bond acceptors (Lipinski definition) is 2. The zero-order chi connectivity index (χ0) is 24.2. The molecular formula is C31H54O2. The predicted octanol–water partition coefficient (Wildman–Crippen LogP) is 8.99. The van der Waals surface area contributed by atoms with Gasteiger partial charge in [0, 0.05) is 6.42 Å². The van der Waals surface area contributed by atoms with E-state index in [1.54, 1.807) is 5.57 Å². The second-order valence-corrected chi connectivity index (χ2v) is 13.2. The monoisotopic (exact) mass is 458 g/mol. The molecule has 2 heteroatoms. The molecule has 0 aliphatic heterocycles. The number of ether oxygens (including phenoxy) is 1. The van der Waals surface area contributed by atoms with Gasteiger partial charge in [0.1, 0.15) is 6.10 Å². The summed E-state index contributed by atoms with van der Waals surface area (Å²) in [7, 11) is 0. The Morgan fingerprint density at radius 1 is 1.06 bits per heavy atom. The lowest BCUT2D eigenvalue weighted by atomic mass is 9.50. The molecule has 0 N–H and O–H groups in total. The fourth-order valence-electron chi connectivity index (χ4n) is 7.56. The third-order valence-corrected chi connectivity index (χ3v) is 9.82. The molecule has 0 aromatic rings. The van der Waals surface area contributed by atoms with Crippen molar-refractivity contribution in [3.63, 3.8) is 0 Å². The van der Waals surface area contributed by atoms with Crippen molar-refractivity contribution in [3.8, 4) is 0 Å². The summed E-state index contributed by atoms with van der Waals surface area (Å²) >= 11 is 0. The maximum Gasteiger partial charge on any atom is 0.308 e. The number of allylic oxidation sites excluding steroid dienone is 1. The second kappa shape index (κ2) is 11.8. The van der Waals surface area contributed by atoms with Crippen molar-refractivity contribution in [2.45, 2.75) is 132 Å². The summed E-state index contributed by atoms with van der Waals surface area (Å²) in [5, 5.41) is 0. The third-order valence-electron chi connectivity index (χ3n) is 9.82. The summed E-state index contributed by atoms with van der Waals surface area (Å²) in [5.74, 6) is 5.17. The van der Waals surface area contributed by atoms with Gasteiger partial charge in [0.25, 0.3) is 0 Å². The highest BCUT2D eigenvalue weighted by Crippen LogP contribution is 2.59. The fraction of sp³-hybridized carbons (Fsp3) is 0.903. The van der Waals surface area contributed by atoms with E-state index >= 15 is 0 Å². The molecule has 7 atom stereocenters. The minimum absolute atomic E-state index is 0.0251. The van der Waals surface area contributed by atoms with Crippen molar-refractivity contribution in [1.82, 2.24) is 0 Å². The summed E-state index contributed by atoms with van der Waals surface area (Å²) in [5.41, 5.74) is 1.95. The van der Waals surface area contributed by atoms with E-state index in [9.17, 15) is 4.79 Å². The maximum atomic E-state index is 12.2. The van der Waals surface area contributed by atoms with Gasteiger partial charge in [-0.25, -0.2) is 0 Å². The van der Waals surface area contributed by atoms with Crippen LogP contribution in [0, 0.1) is 46.8 Å². The predicted molar refractivity (Wildman–Crippen MR) is 140 cm³/mol. The lowest BCUT2D eigenvalue weighted by Gasteiger charge is -2.55. The first kappa shape index (κ1) is 26.8. The fourth-order valence-corrected chi connectivity index (χ4v) is 7.56. The van der Waals surface area contributed by atoms with Crippen LogP contribution in [-0.4, -0.2) is 12.1 Å².